The van der Waals surface area contributed by atoms with Crippen LogP contribution in [0, 0.1) is 0 Å². The normalized spacial score (nSPS) is 17.3. The largest absolute Gasteiger partial charge is 0.391 e. The number of thiophene rings is 1. The fourth-order valence-electron chi connectivity index (χ4n) is 2.49. The molecule has 2 aromatic rings. The van der Waals surface area contributed by atoms with Crippen molar-refractivity contribution in [2.75, 3.05) is 6.54 Å². The molecule has 0 spiro atoms. The fraction of sp³-hybridized carbons (Fsp3) is 0.286. The molecule has 7 heteroatoms. The van der Waals surface area contributed by atoms with Gasteiger partial charge in [-0.2, -0.15) is 0 Å². The summed E-state index contributed by atoms with van der Waals surface area (Å²) in [5.74, 6) is 0.241. The Morgan fingerprint density at radius 2 is 2.14 bits per heavy atom. The topological polar surface area (TPSA) is 66.4 Å². The van der Waals surface area contributed by atoms with Gasteiger partial charge in [0.25, 0.3) is 0 Å². The summed E-state index contributed by atoms with van der Waals surface area (Å²) in [4.78, 5) is 0.820. The summed E-state index contributed by atoms with van der Waals surface area (Å²) in [6.07, 6.45) is 0.908. The molecule has 0 saturated carbocycles. The lowest BCUT2D eigenvalue weighted by Gasteiger charge is -2.30. The summed E-state index contributed by atoms with van der Waals surface area (Å²) >= 11 is 4.48. The van der Waals surface area contributed by atoms with Gasteiger partial charge in [0, 0.05) is 17.3 Å². The molecule has 21 heavy (non-hydrogen) atoms. The highest BCUT2D eigenvalue weighted by molar-refractivity contribution is 9.11. The van der Waals surface area contributed by atoms with Crippen LogP contribution < -0.4 is 4.72 Å². The van der Waals surface area contributed by atoms with E-state index in [0.717, 1.165) is 6.42 Å². The van der Waals surface area contributed by atoms with Gasteiger partial charge in [0.05, 0.1) is 10.4 Å². The van der Waals surface area contributed by atoms with Crippen LogP contribution >= 0.6 is 27.3 Å². The van der Waals surface area contributed by atoms with Crippen molar-refractivity contribution in [2.45, 2.75) is 23.8 Å². The number of hydrogen-bond donors (Lipinski definition) is 2. The van der Waals surface area contributed by atoms with Crippen molar-refractivity contribution < 1.29 is 13.5 Å². The van der Waals surface area contributed by atoms with Crippen LogP contribution in [-0.4, -0.2) is 20.1 Å². The minimum absolute atomic E-state index is 0.158. The highest BCUT2D eigenvalue weighted by Gasteiger charge is 2.28. The molecule has 2 N–H and O–H groups in total. The highest BCUT2D eigenvalue weighted by atomic mass is 79.9. The van der Waals surface area contributed by atoms with Crippen molar-refractivity contribution in [3.05, 3.63) is 50.1 Å². The lowest BCUT2D eigenvalue weighted by molar-refractivity contribution is 0.285. The van der Waals surface area contributed by atoms with Crippen LogP contribution in [0.3, 0.4) is 0 Å². The fourth-order valence-corrected chi connectivity index (χ4v) is 6.11. The Labute approximate surface area is 136 Å². The SMILES string of the molecule is O=S(=O)(NCC1Cc2ccccc21)c1cc(CO)sc1Br. The van der Waals surface area contributed by atoms with Crippen LogP contribution in [0.2, 0.25) is 0 Å². The van der Waals surface area contributed by atoms with E-state index < -0.39 is 10.0 Å². The van der Waals surface area contributed by atoms with Crippen molar-refractivity contribution in [1.82, 2.24) is 4.72 Å². The van der Waals surface area contributed by atoms with Crippen LogP contribution in [0.4, 0.5) is 0 Å². The van der Waals surface area contributed by atoms with Gasteiger partial charge in [0.1, 0.15) is 4.90 Å². The van der Waals surface area contributed by atoms with Gasteiger partial charge in [-0.15, -0.1) is 11.3 Å². The molecule has 0 amide bonds. The van der Waals surface area contributed by atoms with E-state index in [4.69, 9.17) is 5.11 Å². The van der Waals surface area contributed by atoms with Gasteiger partial charge in [-0.25, -0.2) is 13.1 Å². The number of benzene rings is 1. The predicted octanol–water partition coefficient (Wildman–Crippen LogP) is 2.62. The molecule has 1 aromatic carbocycles. The van der Waals surface area contributed by atoms with Crippen molar-refractivity contribution in [2.24, 2.45) is 0 Å². The third-order valence-corrected chi connectivity index (χ3v) is 7.29. The third-order valence-electron chi connectivity index (χ3n) is 3.63. The van der Waals surface area contributed by atoms with Crippen LogP contribution in [0.1, 0.15) is 21.9 Å². The zero-order valence-electron chi connectivity index (χ0n) is 11.0. The van der Waals surface area contributed by atoms with Crippen LogP contribution in [-0.2, 0) is 23.1 Å². The minimum Gasteiger partial charge on any atom is -0.391 e. The minimum atomic E-state index is -3.55. The molecule has 0 saturated heterocycles. The van der Waals surface area contributed by atoms with E-state index >= 15 is 0 Å². The van der Waals surface area contributed by atoms with Gasteiger partial charge in [0.2, 0.25) is 10.0 Å². The van der Waals surface area contributed by atoms with E-state index in [1.54, 1.807) is 0 Å². The number of sulfonamides is 1. The van der Waals surface area contributed by atoms with E-state index in [9.17, 15) is 8.42 Å². The van der Waals surface area contributed by atoms with Gasteiger partial charge in [-0.3, -0.25) is 0 Å². The van der Waals surface area contributed by atoms with E-state index in [0.29, 0.717) is 15.2 Å². The summed E-state index contributed by atoms with van der Waals surface area (Å²) in [5, 5.41) is 9.09. The van der Waals surface area contributed by atoms with Gasteiger partial charge >= 0.3 is 0 Å². The Balaban J connectivity index is 1.72. The molecule has 1 unspecified atom stereocenters. The van der Waals surface area contributed by atoms with Crippen LogP contribution in [0.5, 0.6) is 0 Å². The molecular weight excluding hydrogens is 374 g/mol. The zero-order valence-corrected chi connectivity index (χ0v) is 14.3. The van der Waals surface area contributed by atoms with Crippen molar-refractivity contribution >= 4 is 37.3 Å². The quantitative estimate of drug-likeness (QED) is 0.828. The standard InChI is InChI=1S/C14H14BrNO3S2/c15-14-13(6-11(8-17)20-14)21(18,19)16-7-10-5-9-3-1-2-4-12(9)10/h1-4,6,10,16-17H,5,7-8H2. The molecule has 0 aliphatic heterocycles. The van der Waals surface area contributed by atoms with Gasteiger partial charge in [0.15, 0.2) is 0 Å². The number of hydrogen-bond acceptors (Lipinski definition) is 4. The molecule has 3 rings (SSSR count). The Morgan fingerprint density at radius 3 is 2.81 bits per heavy atom. The summed E-state index contributed by atoms with van der Waals surface area (Å²) in [5.41, 5.74) is 2.52. The van der Waals surface area contributed by atoms with E-state index in [2.05, 4.69) is 26.7 Å². The maximum atomic E-state index is 12.3. The molecule has 4 nitrogen and oxygen atoms in total. The van der Waals surface area contributed by atoms with Crippen molar-refractivity contribution in [1.29, 1.82) is 0 Å². The number of nitrogens with one attached hydrogen (secondary N) is 1. The molecular formula is C14H14BrNO3S2. The average Bonchev–Trinajstić information content (AvgIpc) is 2.82. The first-order valence-corrected chi connectivity index (χ1v) is 9.57. The van der Waals surface area contributed by atoms with Gasteiger partial charge in [-0.05, 0) is 39.5 Å². The molecule has 0 radical (unpaired) electrons. The van der Waals surface area contributed by atoms with Crippen molar-refractivity contribution in [3.8, 4) is 0 Å². The zero-order chi connectivity index (χ0) is 15.0. The smallest absolute Gasteiger partial charge is 0.242 e. The first-order chi connectivity index (χ1) is 10.0. The lowest BCUT2D eigenvalue weighted by Crippen LogP contribution is -2.33. The Bertz CT molecular complexity index is 770. The Morgan fingerprint density at radius 1 is 1.38 bits per heavy atom. The van der Waals surface area contributed by atoms with E-state index in [-0.39, 0.29) is 17.4 Å². The average molecular weight is 388 g/mol. The monoisotopic (exact) mass is 387 g/mol. The highest BCUT2D eigenvalue weighted by Crippen LogP contribution is 2.35. The maximum Gasteiger partial charge on any atom is 0.242 e. The number of rotatable bonds is 5. The Hall–Kier alpha value is -0.730. The summed E-state index contributed by atoms with van der Waals surface area (Å²) < 4.78 is 27.8. The predicted molar refractivity (Wildman–Crippen MR) is 86.0 cm³/mol. The molecule has 0 fully saturated rings. The molecule has 1 aliphatic rings. The second kappa shape index (κ2) is 5.81. The second-order valence-electron chi connectivity index (χ2n) is 4.96. The molecule has 1 aromatic heterocycles. The summed E-state index contributed by atoms with van der Waals surface area (Å²) in [6, 6.07) is 9.60. The Kier molecular flexibility index (Phi) is 4.20. The first-order valence-electron chi connectivity index (χ1n) is 6.48. The molecule has 1 heterocycles. The maximum absolute atomic E-state index is 12.3. The van der Waals surface area contributed by atoms with E-state index in [1.165, 1.54) is 28.5 Å². The van der Waals surface area contributed by atoms with E-state index in [1.807, 2.05) is 18.2 Å². The third kappa shape index (κ3) is 2.93. The first kappa shape index (κ1) is 15.2. The van der Waals surface area contributed by atoms with Crippen LogP contribution in [0.15, 0.2) is 39.0 Å². The number of fused-ring (bicyclic) bond motifs is 1. The molecule has 0 bridgehead atoms. The van der Waals surface area contributed by atoms with Gasteiger partial charge in [-0.1, -0.05) is 24.3 Å². The second-order valence-corrected chi connectivity index (χ2v) is 9.15. The molecule has 1 atom stereocenters. The van der Waals surface area contributed by atoms with Crippen LogP contribution in [0.25, 0.3) is 0 Å². The number of halogens is 1. The number of aliphatic hydroxyl groups excluding tert-OH is 1. The number of aliphatic hydroxyl groups is 1. The van der Waals surface area contributed by atoms with Crippen molar-refractivity contribution in [3.63, 3.8) is 0 Å². The van der Waals surface area contributed by atoms with Gasteiger partial charge < -0.3 is 5.11 Å². The lowest BCUT2D eigenvalue weighted by atomic mass is 9.78. The summed E-state index contributed by atoms with van der Waals surface area (Å²) in [6.45, 7) is 0.241. The molecule has 1 aliphatic carbocycles. The summed E-state index contributed by atoms with van der Waals surface area (Å²) in [7, 11) is -3.55. The molecule has 112 valence electrons.